The van der Waals surface area contributed by atoms with E-state index in [1.165, 1.54) is 0 Å². The second-order valence-corrected chi connectivity index (χ2v) is 3.24. The Bertz CT molecular complexity index is 514. The number of fused-ring (bicyclic) bond motifs is 1. The predicted molar refractivity (Wildman–Crippen MR) is 48.3 cm³/mol. The first-order chi connectivity index (χ1) is 6.52. The van der Waals surface area contributed by atoms with E-state index in [2.05, 4.69) is 10.3 Å². The molecular formula is C9H8N2O3. The lowest BCUT2D eigenvalue weighted by Crippen LogP contribution is -2.23. The van der Waals surface area contributed by atoms with Crippen molar-refractivity contribution in [1.29, 1.82) is 0 Å². The lowest BCUT2D eigenvalue weighted by Gasteiger charge is -2.02. The molecule has 0 aromatic carbocycles. The molecule has 0 unspecified atom stereocenters. The van der Waals surface area contributed by atoms with Crippen LogP contribution in [0.15, 0.2) is 4.79 Å². The summed E-state index contributed by atoms with van der Waals surface area (Å²) in [6.07, 6.45) is 0. The van der Waals surface area contributed by atoms with Crippen molar-refractivity contribution in [2.24, 2.45) is 0 Å². The first-order valence-electron chi connectivity index (χ1n) is 4.11. The van der Waals surface area contributed by atoms with Crippen LogP contribution in [0, 0.1) is 13.8 Å². The summed E-state index contributed by atoms with van der Waals surface area (Å²) in [5.74, 6) is -1.11. The summed E-state index contributed by atoms with van der Waals surface area (Å²) in [6.45, 7) is 3.38. The second-order valence-electron chi connectivity index (χ2n) is 3.24. The molecule has 0 bridgehead atoms. The summed E-state index contributed by atoms with van der Waals surface area (Å²) in [5.41, 5.74) is 0.877. The van der Waals surface area contributed by atoms with E-state index in [0.717, 1.165) is 0 Å². The molecule has 0 saturated heterocycles. The highest BCUT2D eigenvalue weighted by Crippen LogP contribution is 2.17. The molecule has 5 heteroatoms. The molecule has 72 valence electrons. The van der Waals surface area contributed by atoms with Crippen molar-refractivity contribution < 1.29 is 9.59 Å². The van der Waals surface area contributed by atoms with Crippen molar-refractivity contribution in [2.75, 3.05) is 0 Å². The van der Waals surface area contributed by atoms with Gasteiger partial charge in [0.1, 0.15) is 5.56 Å². The number of amides is 2. The van der Waals surface area contributed by atoms with E-state index in [-0.39, 0.29) is 11.1 Å². The summed E-state index contributed by atoms with van der Waals surface area (Å²) < 4.78 is 0. The van der Waals surface area contributed by atoms with E-state index in [4.69, 9.17) is 0 Å². The number of aromatic nitrogens is 1. The van der Waals surface area contributed by atoms with Crippen LogP contribution in [0.2, 0.25) is 0 Å². The molecule has 0 atom stereocenters. The molecule has 2 amide bonds. The molecule has 0 saturated carbocycles. The Kier molecular flexibility index (Phi) is 1.57. The normalized spacial score (nSPS) is 14.1. The SMILES string of the molecule is Cc1[nH]c(=O)c2c(c1C)C(=O)NC2=O. The number of hydrogen-bond donors (Lipinski definition) is 2. The largest absolute Gasteiger partial charge is 0.326 e. The van der Waals surface area contributed by atoms with Gasteiger partial charge in [0.2, 0.25) is 0 Å². The number of carbonyl (C=O) groups excluding carboxylic acids is 2. The molecule has 1 aromatic rings. The number of carbonyl (C=O) groups is 2. The first-order valence-corrected chi connectivity index (χ1v) is 4.11. The molecule has 0 aliphatic carbocycles. The number of aromatic amines is 1. The highest BCUT2D eigenvalue weighted by atomic mass is 16.2. The number of nitrogens with one attached hydrogen (secondary N) is 2. The highest BCUT2D eigenvalue weighted by Gasteiger charge is 2.32. The van der Waals surface area contributed by atoms with Crippen molar-refractivity contribution in [1.82, 2.24) is 10.3 Å². The zero-order valence-electron chi connectivity index (χ0n) is 7.72. The topological polar surface area (TPSA) is 79.0 Å². The third kappa shape index (κ3) is 0.921. The minimum absolute atomic E-state index is 0.0712. The Balaban J connectivity index is 2.93. The van der Waals surface area contributed by atoms with Crippen LogP contribution >= 0.6 is 0 Å². The maximum atomic E-state index is 11.4. The van der Waals surface area contributed by atoms with Gasteiger partial charge >= 0.3 is 0 Å². The number of H-pyrrole nitrogens is 1. The van der Waals surface area contributed by atoms with Crippen LogP contribution in [-0.4, -0.2) is 16.8 Å². The van der Waals surface area contributed by atoms with Gasteiger partial charge in [-0.15, -0.1) is 0 Å². The van der Waals surface area contributed by atoms with Crippen LogP contribution in [0.4, 0.5) is 0 Å². The summed E-state index contributed by atoms with van der Waals surface area (Å²) in [6, 6.07) is 0. The van der Waals surface area contributed by atoms with Crippen LogP contribution in [0.25, 0.3) is 0 Å². The van der Waals surface area contributed by atoms with E-state index in [0.29, 0.717) is 11.3 Å². The lowest BCUT2D eigenvalue weighted by atomic mass is 10.0. The Morgan fingerprint density at radius 2 is 1.50 bits per heavy atom. The molecule has 0 fully saturated rings. The van der Waals surface area contributed by atoms with Crippen molar-refractivity contribution in [3.63, 3.8) is 0 Å². The zero-order chi connectivity index (χ0) is 10.5. The Morgan fingerprint density at radius 1 is 0.929 bits per heavy atom. The van der Waals surface area contributed by atoms with Gasteiger partial charge in [-0.1, -0.05) is 0 Å². The van der Waals surface area contributed by atoms with E-state index in [1.54, 1.807) is 13.8 Å². The van der Waals surface area contributed by atoms with Crippen molar-refractivity contribution in [3.05, 3.63) is 32.7 Å². The molecule has 1 aliphatic rings. The number of aryl methyl sites for hydroxylation is 1. The molecule has 1 aromatic heterocycles. The van der Waals surface area contributed by atoms with Gasteiger partial charge in [-0.25, -0.2) is 0 Å². The molecule has 0 spiro atoms. The Morgan fingerprint density at radius 3 is 2.14 bits per heavy atom. The minimum Gasteiger partial charge on any atom is -0.326 e. The molecule has 14 heavy (non-hydrogen) atoms. The molecule has 2 N–H and O–H groups in total. The Labute approximate surface area is 79.1 Å². The zero-order valence-corrected chi connectivity index (χ0v) is 7.72. The molecule has 0 radical (unpaired) electrons. The maximum absolute atomic E-state index is 11.4. The van der Waals surface area contributed by atoms with Gasteiger partial charge in [0.25, 0.3) is 17.4 Å². The maximum Gasteiger partial charge on any atom is 0.264 e. The predicted octanol–water partition coefficient (Wildman–Crippen LogP) is -0.125. The van der Waals surface area contributed by atoms with Gasteiger partial charge in [0.05, 0.1) is 5.56 Å². The van der Waals surface area contributed by atoms with E-state index >= 15 is 0 Å². The van der Waals surface area contributed by atoms with Gasteiger partial charge in [-0.3, -0.25) is 19.7 Å². The van der Waals surface area contributed by atoms with Crippen LogP contribution in [0.5, 0.6) is 0 Å². The summed E-state index contributed by atoms with van der Waals surface area (Å²) in [7, 11) is 0. The fourth-order valence-corrected chi connectivity index (χ4v) is 1.54. The molecule has 2 heterocycles. The average molecular weight is 192 g/mol. The van der Waals surface area contributed by atoms with Crippen LogP contribution in [-0.2, 0) is 0 Å². The summed E-state index contributed by atoms with van der Waals surface area (Å²) in [4.78, 5) is 36.4. The third-order valence-electron chi connectivity index (χ3n) is 2.40. The third-order valence-corrected chi connectivity index (χ3v) is 2.40. The second kappa shape index (κ2) is 2.54. The lowest BCUT2D eigenvalue weighted by molar-refractivity contribution is 0.0879. The van der Waals surface area contributed by atoms with E-state index in [1.807, 2.05) is 0 Å². The van der Waals surface area contributed by atoms with Crippen molar-refractivity contribution in [2.45, 2.75) is 13.8 Å². The van der Waals surface area contributed by atoms with Gasteiger partial charge in [-0.2, -0.15) is 0 Å². The minimum atomic E-state index is -0.616. The fraction of sp³-hybridized carbons (Fsp3) is 0.222. The van der Waals surface area contributed by atoms with Gasteiger partial charge in [-0.05, 0) is 19.4 Å². The molecular weight excluding hydrogens is 184 g/mol. The van der Waals surface area contributed by atoms with Gasteiger partial charge in [0, 0.05) is 5.69 Å². The first kappa shape index (κ1) is 8.68. The number of pyridine rings is 1. The van der Waals surface area contributed by atoms with Gasteiger partial charge in [0.15, 0.2) is 0 Å². The van der Waals surface area contributed by atoms with E-state index < -0.39 is 17.4 Å². The average Bonchev–Trinajstić information content (AvgIpc) is 2.38. The number of rotatable bonds is 0. The fourth-order valence-electron chi connectivity index (χ4n) is 1.54. The van der Waals surface area contributed by atoms with Crippen molar-refractivity contribution >= 4 is 11.8 Å². The highest BCUT2D eigenvalue weighted by molar-refractivity contribution is 6.21. The van der Waals surface area contributed by atoms with Crippen LogP contribution in [0.1, 0.15) is 32.0 Å². The van der Waals surface area contributed by atoms with Crippen molar-refractivity contribution in [3.8, 4) is 0 Å². The smallest absolute Gasteiger partial charge is 0.264 e. The molecule has 1 aliphatic heterocycles. The molecule has 2 rings (SSSR count). The van der Waals surface area contributed by atoms with Crippen LogP contribution < -0.4 is 10.9 Å². The summed E-state index contributed by atoms with van der Waals surface area (Å²) >= 11 is 0. The van der Waals surface area contributed by atoms with E-state index in [9.17, 15) is 14.4 Å². The number of imide groups is 1. The quantitative estimate of drug-likeness (QED) is 0.562. The van der Waals surface area contributed by atoms with Crippen LogP contribution in [0.3, 0.4) is 0 Å². The standard InChI is InChI=1S/C9H8N2O3/c1-3-4(2)10-8(13)6-5(3)7(12)11-9(6)14/h1-2H3,(H,10,13)(H,11,12,14). The number of hydrogen-bond acceptors (Lipinski definition) is 3. The monoisotopic (exact) mass is 192 g/mol. The summed E-state index contributed by atoms with van der Waals surface area (Å²) in [5, 5.41) is 2.09. The molecule has 5 nitrogen and oxygen atoms in total. The Hall–Kier alpha value is -1.91. The van der Waals surface area contributed by atoms with Gasteiger partial charge < -0.3 is 4.98 Å².